The monoisotopic (exact) mass is 1200 g/mol. The standard InChI is InChI=1S/C32H12BF24.C16H18I/c34-25(35,36)13-1-14(26(37,38)39)6-21(5-13)33(22-7-15(27(40,41)42)2-16(8-22)28(43,44)45,23-9-17(29(46,47)48)3-18(10-23)30(49,50)51)24-11-19(31(52,53)54)4-20(12-24)32(55,56)57;1-13-9-7-8-12-15(13)17-16(2,3)14-10-5-4-6-11-14/h1-12H;4-12H,1-3H3/q-1;+1. The van der Waals surface area contributed by atoms with Crippen molar-refractivity contribution in [3.05, 3.63) is 187 Å². The van der Waals surface area contributed by atoms with Gasteiger partial charge in [0.1, 0.15) is 6.15 Å². The second kappa shape index (κ2) is 20.2. The molecule has 0 saturated heterocycles. The Kier molecular flexibility index (Phi) is 16.2. The van der Waals surface area contributed by atoms with Crippen molar-refractivity contribution in [2.24, 2.45) is 0 Å². The van der Waals surface area contributed by atoms with E-state index >= 15 is 0 Å². The van der Waals surface area contributed by atoms with Gasteiger partial charge in [-0.15, -0.1) is 0 Å². The van der Waals surface area contributed by atoms with Gasteiger partial charge in [0.2, 0.25) is 0 Å². The summed E-state index contributed by atoms with van der Waals surface area (Å²) in [4.78, 5) is 0. The van der Waals surface area contributed by atoms with Gasteiger partial charge in [-0.25, -0.2) is 0 Å². The van der Waals surface area contributed by atoms with Crippen LogP contribution in [0.15, 0.2) is 127 Å². The average molecular weight is 1200 g/mol. The molecule has 6 aromatic carbocycles. The van der Waals surface area contributed by atoms with Gasteiger partial charge in [-0.3, -0.25) is 0 Å². The van der Waals surface area contributed by atoms with Crippen molar-refractivity contribution >= 4 is 28.0 Å². The topological polar surface area (TPSA) is 0 Å². The molecule has 0 saturated carbocycles. The molecule has 400 valence electrons. The van der Waals surface area contributed by atoms with Crippen LogP contribution in [0.3, 0.4) is 0 Å². The minimum Gasteiger partial charge on any atom is -0.194 e. The van der Waals surface area contributed by atoms with Crippen LogP contribution in [-0.2, 0) is 52.8 Å². The Morgan fingerprint density at radius 1 is 0.284 bits per heavy atom. The highest BCUT2D eigenvalue weighted by Gasteiger charge is 2.47. The largest absolute Gasteiger partial charge is 0.416 e. The fourth-order valence-corrected chi connectivity index (χ4v) is 11.0. The summed E-state index contributed by atoms with van der Waals surface area (Å²) in [5.41, 5.74) is -27.3. The van der Waals surface area contributed by atoms with E-state index in [0.717, 1.165) is 0 Å². The second-order valence-electron chi connectivity index (χ2n) is 16.9. The summed E-state index contributed by atoms with van der Waals surface area (Å²) in [5.74, 6) is 0. The maximum absolute atomic E-state index is 14.2. The predicted molar refractivity (Wildman–Crippen MR) is 219 cm³/mol. The van der Waals surface area contributed by atoms with Gasteiger partial charge in [0.05, 0.1) is 44.5 Å². The van der Waals surface area contributed by atoms with Crippen molar-refractivity contribution in [1.29, 1.82) is 0 Å². The molecule has 0 aromatic heterocycles. The second-order valence-corrected chi connectivity index (χ2v) is 21.3. The third-order valence-corrected chi connectivity index (χ3v) is 15.1. The van der Waals surface area contributed by atoms with Crippen LogP contribution in [-0.4, -0.2) is 6.15 Å². The van der Waals surface area contributed by atoms with Crippen LogP contribution in [0.1, 0.15) is 69.5 Å². The van der Waals surface area contributed by atoms with Crippen LogP contribution in [0.5, 0.6) is 0 Å². The van der Waals surface area contributed by atoms with Gasteiger partial charge in [-0.05, 0) is 51.1 Å². The number of aryl methyl sites for hydroxylation is 1. The molecule has 0 spiro atoms. The zero-order valence-electron chi connectivity index (χ0n) is 37.2. The Labute approximate surface area is 413 Å². The van der Waals surface area contributed by atoms with Gasteiger partial charge in [-0.1, -0.05) is 97.1 Å². The molecular weight excluding hydrogens is 1170 g/mol. The van der Waals surface area contributed by atoms with Crippen molar-refractivity contribution in [2.45, 2.75) is 73.6 Å². The number of hydrogen-bond donors (Lipinski definition) is 0. The minimum atomic E-state index is -6.13. The summed E-state index contributed by atoms with van der Waals surface area (Å²) >= 11 is -0.0200. The molecule has 0 heterocycles. The highest BCUT2D eigenvalue weighted by molar-refractivity contribution is 7.20. The van der Waals surface area contributed by atoms with Crippen LogP contribution in [0, 0.1) is 10.5 Å². The highest BCUT2D eigenvalue weighted by atomic mass is 127. The summed E-state index contributed by atoms with van der Waals surface area (Å²) in [6.45, 7) is 6.94. The van der Waals surface area contributed by atoms with Crippen LogP contribution in [0.4, 0.5) is 105 Å². The normalized spacial score (nSPS) is 13.7. The lowest BCUT2D eigenvalue weighted by Crippen LogP contribution is -3.66. The molecule has 0 bridgehead atoms. The molecule has 0 amide bonds. The Balaban J connectivity index is 0.000000500. The van der Waals surface area contributed by atoms with E-state index in [1.165, 1.54) is 11.1 Å². The molecule has 0 nitrogen and oxygen atoms in total. The van der Waals surface area contributed by atoms with Crippen molar-refractivity contribution < 1.29 is 127 Å². The van der Waals surface area contributed by atoms with Gasteiger partial charge in [0, 0.05) is 11.1 Å². The van der Waals surface area contributed by atoms with Crippen molar-refractivity contribution in [3.8, 4) is 0 Å². The van der Waals surface area contributed by atoms with E-state index in [1.807, 2.05) is 0 Å². The molecule has 0 fully saturated rings. The zero-order chi connectivity index (χ0) is 56.2. The molecule has 0 atom stereocenters. The smallest absolute Gasteiger partial charge is 0.194 e. The molecule has 0 N–H and O–H groups in total. The maximum Gasteiger partial charge on any atom is 0.416 e. The molecular formula is C48H30BF24I. The van der Waals surface area contributed by atoms with E-state index in [2.05, 4.69) is 75.4 Å². The maximum atomic E-state index is 14.2. The van der Waals surface area contributed by atoms with Gasteiger partial charge >= 0.3 is 70.6 Å². The average Bonchev–Trinajstić information content (AvgIpc) is 3.25. The number of benzene rings is 6. The van der Waals surface area contributed by atoms with Crippen LogP contribution < -0.4 is 43.1 Å². The summed E-state index contributed by atoms with van der Waals surface area (Å²) in [6, 6.07) is 10.8. The third-order valence-electron chi connectivity index (χ3n) is 11.3. The van der Waals surface area contributed by atoms with E-state index in [9.17, 15) is 105 Å². The molecule has 6 rings (SSSR count). The van der Waals surface area contributed by atoms with E-state index in [-0.39, 0.29) is 21.2 Å². The van der Waals surface area contributed by atoms with E-state index in [1.54, 1.807) is 3.57 Å². The minimum absolute atomic E-state index is 0.0200. The Bertz CT molecular complexity index is 2510. The van der Waals surface area contributed by atoms with E-state index in [4.69, 9.17) is 0 Å². The summed E-state index contributed by atoms with van der Waals surface area (Å²) < 4.78 is 343. The Hall–Kier alpha value is -5.57. The van der Waals surface area contributed by atoms with E-state index in [0.29, 0.717) is 3.42 Å². The Morgan fingerprint density at radius 3 is 0.716 bits per heavy atom. The number of rotatable bonds is 7. The predicted octanol–water partition coefficient (Wildman–Crippen LogP) is 12.4. The molecule has 74 heavy (non-hydrogen) atoms. The summed E-state index contributed by atoms with van der Waals surface area (Å²) in [6.07, 6.45) is -54.8. The molecule has 0 unspecified atom stereocenters. The third kappa shape index (κ3) is 13.6. The molecule has 0 aliphatic carbocycles. The lowest BCUT2D eigenvalue weighted by atomic mass is 9.12. The van der Waals surface area contributed by atoms with Gasteiger partial charge in [0.15, 0.2) is 6.99 Å². The van der Waals surface area contributed by atoms with Crippen LogP contribution >= 0.6 is 0 Å². The van der Waals surface area contributed by atoms with Crippen molar-refractivity contribution in [3.63, 3.8) is 0 Å². The van der Waals surface area contributed by atoms with Crippen LogP contribution in [0.25, 0.3) is 0 Å². The number of hydrogen-bond acceptors (Lipinski definition) is 0. The lowest BCUT2D eigenvalue weighted by Gasteiger charge is -2.46. The molecule has 0 aliphatic heterocycles. The van der Waals surface area contributed by atoms with Crippen LogP contribution in [0.2, 0.25) is 0 Å². The Morgan fingerprint density at radius 2 is 0.500 bits per heavy atom. The van der Waals surface area contributed by atoms with Gasteiger partial charge in [0.25, 0.3) is 0 Å². The van der Waals surface area contributed by atoms with Gasteiger partial charge < -0.3 is 0 Å². The molecule has 0 radical (unpaired) electrons. The molecule has 26 heteroatoms. The molecule has 0 aliphatic rings. The fourth-order valence-electron chi connectivity index (χ4n) is 7.87. The first-order valence-corrected chi connectivity index (χ1v) is 22.6. The summed E-state index contributed by atoms with van der Waals surface area (Å²) in [7, 11) is 0. The number of halogens is 25. The molecule has 6 aromatic rings. The number of alkyl halides is 25. The highest BCUT2D eigenvalue weighted by Crippen LogP contribution is 2.41. The summed E-state index contributed by atoms with van der Waals surface area (Å²) in [5, 5.41) is 0. The quantitative estimate of drug-likeness (QED) is 0.0647. The van der Waals surface area contributed by atoms with Crippen molar-refractivity contribution in [2.75, 3.05) is 0 Å². The first kappa shape index (κ1) is 59.3. The fraction of sp³-hybridized carbons (Fsp3) is 0.250. The SMILES string of the molecule is Cc1ccccc1[I+]C(C)(C)c1ccccc1.FC(F)(F)c1cc([B-](c2cc(C(F)(F)F)cc(C(F)(F)F)c2)(c2cc(C(F)(F)F)cc(C(F)(F)F)c2)c2cc(C(F)(F)F)cc(C(F)(F)F)c2)cc(C(F)(F)F)c1. The van der Waals surface area contributed by atoms with Crippen molar-refractivity contribution in [1.82, 2.24) is 0 Å². The van der Waals surface area contributed by atoms with Gasteiger partial charge in [-0.2, -0.15) is 127 Å². The van der Waals surface area contributed by atoms with E-state index < -0.39 is 195 Å². The zero-order valence-corrected chi connectivity index (χ0v) is 39.3. The first-order valence-electron chi connectivity index (χ1n) is 20.5. The lowest BCUT2D eigenvalue weighted by molar-refractivity contribution is -0.705. The first-order chi connectivity index (χ1) is 33.4.